The lowest BCUT2D eigenvalue weighted by Gasteiger charge is -2.14. The van der Waals surface area contributed by atoms with E-state index in [9.17, 15) is 4.79 Å². The van der Waals surface area contributed by atoms with E-state index in [1.807, 2.05) is 19.9 Å². The molecule has 0 aliphatic heterocycles. The Balaban J connectivity index is 1.77. The molecule has 0 aliphatic rings. The zero-order valence-corrected chi connectivity index (χ0v) is 18.9. The van der Waals surface area contributed by atoms with Gasteiger partial charge < -0.3 is 14.0 Å². The van der Waals surface area contributed by atoms with Crippen LogP contribution in [0.15, 0.2) is 40.9 Å². The first-order valence-corrected chi connectivity index (χ1v) is 10.1. The molecule has 2 aromatic heterocycles. The van der Waals surface area contributed by atoms with Crippen molar-refractivity contribution in [2.45, 2.75) is 27.7 Å². The Labute approximate surface area is 185 Å². The van der Waals surface area contributed by atoms with Gasteiger partial charge in [0.25, 0.3) is 5.89 Å². The number of carbonyl (C=O) groups excluding carboxylic acids is 1. The van der Waals surface area contributed by atoms with E-state index in [1.54, 1.807) is 18.2 Å². The van der Waals surface area contributed by atoms with Crippen LogP contribution >= 0.6 is 0 Å². The summed E-state index contributed by atoms with van der Waals surface area (Å²) in [5.41, 5.74) is 5.90. The van der Waals surface area contributed by atoms with Crippen LogP contribution in [0.1, 0.15) is 33.0 Å². The van der Waals surface area contributed by atoms with Crippen molar-refractivity contribution in [1.82, 2.24) is 19.7 Å². The molecule has 0 unspecified atom stereocenters. The van der Waals surface area contributed by atoms with Crippen molar-refractivity contribution in [2.75, 3.05) is 14.2 Å². The Morgan fingerprint density at radius 3 is 2.38 bits per heavy atom. The maximum Gasteiger partial charge on any atom is 0.337 e. The van der Waals surface area contributed by atoms with E-state index < -0.39 is 5.97 Å². The minimum atomic E-state index is -0.452. The van der Waals surface area contributed by atoms with Gasteiger partial charge in [-0.25, -0.2) is 9.78 Å². The van der Waals surface area contributed by atoms with Crippen molar-refractivity contribution in [1.29, 1.82) is 0 Å². The monoisotopic (exact) mass is 432 g/mol. The van der Waals surface area contributed by atoms with Crippen molar-refractivity contribution >= 4 is 5.97 Å². The number of benzene rings is 2. The van der Waals surface area contributed by atoms with Gasteiger partial charge in [0.2, 0.25) is 5.82 Å². The molecule has 0 spiro atoms. The number of hydrogen-bond acceptors (Lipinski definition) is 7. The van der Waals surface area contributed by atoms with Crippen LogP contribution in [0.3, 0.4) is 0 Å². The van der Waals surface area contributed by atoms with Gasteiger partial charge in [-0.2, -0.15) is 4.98 Å². The molecule has 0 N–H and O–H groups in total. The summed E-state index contributed by atoms with van der Waals surface area (Å²) in [4.78, 5) is 21.1. The number of hydrogen-bond donors (Lipinski definition) is 0. The maximum absolute atomic E-state index is 11.8. The van der Waals surface area contributed by atoms with Crippen molar-refractivity contribution < 1.29 is 18.8 Å². The normalized spacial score (nSPS) is 10.9. The second-order valence-electron chi connectivity index (χ2n) is 7.50. The van der Waals surface area contributed by atoms with E-state index in [0.717, 1.165) is 28.3 Å². The zero-order valence-electron chi connectivity index (χ0n) is 18.9. The molecule has 0 aliphatic carbocycles. The fraction of sp³-hybridized carbons (Fsp3) is 0.250. The van der Waals surface area contributed by atoms with E-state index in [-0.39, 0.29) is 0 Å². The highest BCUT2D eigenvalue weighted by atomic mass is 16.5. The standard InChI is InChI=1S/C24H24N4O4/c1-13-8-7-9-14(2)21(13)28-15(3)20(25-16(28)4)23-26-22(27-32-23)18-11-10-17(24(29)31-6)12-19(18)30-5/h7-12H,1-6H3. The highest BCUT2D eigenvalue weighted by Crippen LogP contribution is 2.33. The zero-order chi connectivity index (χ0) is 23.0. The lowest BCUT2D eigenvalue weighted by atomic mass is 10.1. The van der Waals surface area contributed by atoms with Gasteiger partial charge in [-0.15, -0.1) is 0 Å². The predicted octanol–water partition coefficient (Wildman–Crippen LogP) is 4.62. The van der Waals surface area contributed by atoms with Crippen LogP contribution in [0.5, 0.6) is 5.75 Å². The van der Waals surface area contributed by atoms with Gasteiger partial charge in [0.05, 0.1) is 36.7 Å². The Morgan fingerprint density at radius 1 is 1.00 bits per heavy atom. The first kappa shape index (κ1) is 21.3. The van der Waals surface area contributed by atoms with Crippen molar-refractivity contribution in [3.63, 3.8) is 0 Å². The summed E-state index contributed by atoms with van der Waals surface area (Å²) in [6.07, 6.45) is 0. The second-order valence-corrected chi connectivity index (χ2v) is 7.50. The average molecular weight is 432 g/mol. The van der Waals surface area contributed by atoms with Gasteiger partial charge in [0.1, 0.15) is 17.3 Å². The summed E-state index contributed by atoms with van der Waals surface area (Å²) in [5, 5.41) is 4.12. The molecule has 0 bridgehead atoms. The van der Waals surface area contributed by atoms with Gasteiger partial charge in [0, 0.05) is 0 Å². The molecule has 2 aromatic carbocycles. The molecular formula is C24H24N4O4. The summed E-state index contributed by atoms with van der Waals surface area (Å²) in [5.74, 6) is 1.47. The van der Waals surface area contributed by atoms with Gasteiger partial charge >= 0.3 is 5.97 Å². The molecule has 0 fully saturated rings. The van der Waals surface area contributed by atoms with E-state index in [0.29, 0.717) is 34.3 Å². The minimum Gasteiger partial charge on any atom is -0.496 e. The topological polar surface area (TPSA) is 92.3 Å². The van der Waals surface area contributed by atoms with E-state index in [4.69, 9.17) is 19.0 Å². The molecule has 32 heavy (non-hydrogen) atoms. The Kier molecular flexibility index (Phi) is 5.52. The lowest BCUT2D eigenvalue weighted by molar-refractivity contribution is 0.0600. The molecule has 0 amide bonds. The van der Waals surface area contributed by atoms with Crippen LogP contribution in [0.25, 0.3) is 28.7 Å². The number of rotatable bonds is 5. The minimum absolute atomic E-state index is 0.310. The van der Waals surface area contributed by atoms with Crippen LogP contribution in [-0.4, -0.2) is 39.9 Å². The quantitative estimate of drug-likeness (QED) is 0.425. The summed E-state index contributed by atoms with van der Waals surface area (Å²) >= 11 is 0. The summed E-state index contributed by atoms with van der Waals surface area (Å²) in [7, 11) is 2.84. The lowest BCUT2D eigenvalue weighted by Crippen LogP contribution is -2.04. The molecule has 0 radical (unpaired) electrons. The van der Waals surface area contributed by atoms with Gasteiger partial charge in [-0.05, 0) is 57.0 Å². The Morgan fingerprint density at radius 2 is 1.72 bits per heavy atom. The number of esters is 1. The van der Waals surface area contributed by atoms with Crippen LogP contribution in [0, 0.1) is 27.7 Å². The number of para-hydroxylation sites is 1. The summed E-state index contributed by atoms with van der Waals surface area (Å²) in [6.45, 7) is 8.09. The third-order valence-corrected chi connectivity index (χ3v) is 5.43. The number of methoxy groups -OCH3 is 2. The molecule has 0 saturated carbocycles. The average Bonchev–Trinajstić information content (AvgIpc) is 3.38. The number of imidazole rings is 1. The number of carbonyl (C=O) groups is 1. The van der Waals surface area contributed by atoms with Crippen LogP contribution in [0.2, 0.25) is 0 Å². The van der Waals surface area contributed by atoms with E-state index in [1.165, 1.54) is 14.2 Å². The smallest absolute Gasteiger partial charge is 0.337 e. The largest absolute Gasteiger partial charge is 0.496 e. The Bertz CT molecular complexity index is 1300. The van der Waals surface area contributed by atoms with Crippen molar-refractivity contribution in [3.8, 4) is 34.4 Å². The van der Waals surface area contributed by atoms with Gasteiger partial charge in [0.15, 0.2) is 0 Å². The van der Waals surface area contributed by atoms with Crippen LogP contribution < -0.4 is 4.74 Å². The first-order valence-electron chi connectivity index (χ1n) is 10.1. The molecule has 0 atom stereocenters. The number of aromatic nitrogens is 4. The Hall–Kier alpha value is -3.94. The molecule has 2 heterocycles. The van der Waals surface area contributed by atoms with Crippen LogP contribution in [-0.2, 0) is 4.74 Å². The molecule has 4 rings (SSSR count). The third kappa shape index (κ3) is 3.53. The number of aryl methyl sites for hydroxylation is 3. The SMILES string of the molecule is COC(=O)c1ccc(-c2noc(-c3nc(C)n(-c4c(C)cccc4C)c3C)n2)c(OC)c1. The first-order chi connectivity index (χ1) is 15.3. The molecule has 8 heteroatoms. The number of nitrogens with zero attached hydrogens (tertiary/aromatic N) is 4. The van der Waals surface area contributed by atoms with Gasteiger partial charge in [-0.1, -0.05) is 23.4 Å². The number of ether oxygens (including phenoxy) is 2. The fourth-order valence-corrected chi connectivity index (χ4v) is 3.88. The molecule has 0 saturated heterocycles. The van der Waals surface area contributed by atoms with Gasteiger partial charge in [-0.3, -0.25) is 4.57 Å². The molecule has 4 aromatic rings. The molecular weight excluding hydrogens is 408 g/mol. The van der Waals surface area contributed by atoms with Crippen molar-refractivity contribution in [3.05, 3.63) is 64.6 Å². The predicted molar refractivity (Wildman–Crippen MR) is 119 cm³/mol. The molecule has 8 nitrogen and oxygen atoms in total. The third-order valence-electron chi connectivity index (χ3n) is 5.43. The van der Waals surface area contributed by atoms with E-state index in [2.05, 4.69) is 40.7 Å². The van der Waals surface area contributed by atoms with Crippen LogP contribution in [0.4, 0.5) is 0 Å². The summed E-state index contributed by atoms with van der Waals surface area (Å²) in [6, 6.07) is 11.1. The van der Waals surface area contributed by atoms with E-state index >= 15 is 0 Å². The highest BCUT2D eigenvalue weighted by molar-refractivity contribution is 5.91. The summed E-state index contributed by atoms with van der Waals surface area (Å²) < 4.78 is 17.9. The fourth-order valence-electron chi connectivity index (χ4n) is 3.88. The maximum atomic E-state index is 11.8. The second kappa shape index (κ2) is 8.30. The molecule has 164 valence electrons. The highest BCUT2D eigenvalue weighted by Gasteiger charge is 2.23. The van der Waals surface area contributed by atoms with Crippen molar-refractivity contribution in [2.24, 2.45) is 0 Å².